The number of aliphatic imine (C=N–C) groups is 1. The summed E-state index contributed by atoms with van der Waals surface area (Å²) in [6.45, 7) is 3.22. The van der Waals surface area contributed by atoms with Crippen LogP contribution >= 0.6 is 0 Å². The first kappa shape index (κ1) is 15.3. The van der Waals surface area contributed by atoms with Gasteiger partial charge in [0.05, 0.1) is 5.75 Å². The predicted octanol–water partition coefficient (Wildman–Crippen LogP) is 1.58. The summed E-state index contributed by atoms with van der Waals surface area (Å²) in [5.74, 6) is -0.714. The van der Waals surface area contributed by atoms with E-state index in [0.29, 0.717) is 5.69 Å². The Morgan fingerprint density at radius 2 is 1.91 bits per heavy atom. The van der Waals surface area contributed by atoms with E-state index in [2.05, 4.69) is 4.99 Å². The maximum absolute atomic E-state index is 14.2. The lowest BCUT2D eigenvalue weighted by molar-refractivity contribution is 0.463. The second-order valence-electron chi connectivity index (χ2n) is 6.65. The fourth-order valence-electron chi connectivity index (χ4n) is 3.28. The molecule has 0 amide bonds. The second-order valence-corrected chi connectivity index (χ2v) is 9.02. The molecule has 3 rings (SSSR count). The number of amidine groups is 1. The zero-order valence-electron chi connectivity index (χ0n) is 12.6. The Kier molecular flexibility index (Phi) is 3.08. The summed E-state index contributed by atoms with van der Waals surface area (Å²) in [5, 5.41) is 0. The molecule has 0 bridgehead atoms. The number of hydrogen-bond acceptors (Lipinski definition) is 5. The van der Waals surface area contributed by atoms with Crippen LogP contribution in [0.25, 0.3) is 0 Å². The Labute approximate surface area is 129 Å². The molecule has 1 heterocycles. The van der Waals surface area contributed by atoms with Crippen LogP contribution in [0, 0.1) is 11.7 Å². The Hall–Kier alpha value is -1.63. The van der Waals surface area contributed by atoms with Crippen LogP contribution in [0.5, 0.6) is 0 Å². The van der Waals surface area contributed by atoms with E-state index in [1.807, 2.05) is 0 Å². The molecule has 1 aliphatic heterocycles. The Balaban J connectivity index is 2.18. The van der Waals surface area contributed by atoms with E-state index in [1.165, 1.54) is 18.2 Å². The van der Waals surface area contributed by atoms with Crippen molar-refractivity contribution in [3.05, 3.63) is 29.6 Å². The molecule has 1 saturated carbocycles. The molecule has 2 unspecified atom stereocenters. The van der Waals surface area contributed by atoms with Gasteiger partial charge in [-0.15, -0.1) is 0 Å². The van der Waals surface area contributed by atoms with E-state index in [-0.39, 0.29) is 23.1 Å². The highest BCUT2D eigenvalue weighted by Gasteiger charge is 2.58. The summed E-state index contributed by atoms with van der Waals surface area (Å²) >= 11 is 0. The van der Waals surface area contributed by atoms with E-state index in [1.54, 1.807) is 13.8 Å². The van der Waals surface area contributed by atoms with Gasteiger partial charge in [-0.1, -0.05) is 0 Å². The molecule has 0 radical (unpaired) electrons. The van der Waals surface area contributed by atoms with Crippen molar-refractivity contribution < 1.29 is 12.8 Å². The van der Waals surface area contributed by atoms with Gasteiger partial charge in [0.15, 0.2) is 9.84 Å². The molecule has 0 saturated heterocycles. The number of sulfone groups is 1. The highest BCUT2D eigenvalue weighted by molar-refractivity contribution is 7.93. The summed E-state index contributed by atoms with van der Waals surface area (Å²) in [6, 6.07) is 4.09. The average molecular weight is 325 g/mol. The van der Waals surface area contributed by atoms with Gasteiger partial charge in [0.25, 0.3) is 0 Å². The molecule has 5 nitrogen and oxygen atoms in total. The minimum absolute atomic E-state index is 0.0106. The Morgan fingerprint density at radius 1 is 1.27 bits per heavy atom. The number of halogens is 1. The van der Waals surface area contributed by atoms with Crippen LogP contribution in [-0.4, -0.2) is 24.8 Å². The Bertz CT molecular complexity index is 773. The second kappa shape index (κ2) is 4.44. The van der Waals surface area contributed by atoms with Crippen molar-refractivity contribution in [3.8, 4) is 0 Å². The van der Waals surface area contributed by atoms with Crippen LogP contribution in [0.15, 0.2) is 23.2 Å². The standard InChI is InChI=1S/C15H20FN3O2S/c1-14(11-7-10(17)5-6-12(11)16)8-22(20,21)15(2,9-3-4-9)13(18)19-14/h5-7,9H,3-4,8,17H2,1-2H3,(H2,18,19). The molecule has 1 aliphatic carbocycles. The van der Waals surface area contributed by atoms with Crippen LogP contribution in [0.3, 0.4) is 0 Å². The SMILES string of the molecule is CC1(c2cc(N)ccc2F)CS(=O)(=O)C(C)(C2CC2)C(N)=N1. The number of rotatable bonds is 2. The van der Waals surface area contributed by atoms with Crippen molar-refractivity contribution in [3.63, 3.8) is 0 Å². The molecule has 0 aromatic heterocycles. The van der Waals surface area contributed by atoms with Crippen LogP contribution in [-0.2, 0) is 15.4 Å². The van der Waals surface area contributed by atoms with Crippen LogP contribution in [0.2, 0.25) is 0 Å². The van der Waals surface area contributed by atoms with Crippen LogP contribution in [0.1, 0.15) is 32.3 Å². The average Bonchev–Trinajstić information content (AvgIpc) is 3.22. The third-order valence-corrected chi connectivity index (χ3v) is 7.70. The number of hydrogen-bond donors (Lipinski definition) is 2. The van der Waals surface area contributed by atoms with Gasteiger partial charge >= 0.3 is 0 Å². The van der Waals surface area contributed by atoms with Crippen molar-refractivity contribution in [1.82, 2.24) is 0 Å². The van der Waals surface area contributed by atoms with Gasteiger partial charge in [-0.05, 0) is 50.8 Å². The fraction of sp³-hybridized carbons (Fsp3) is 0.533. The van der Waals surface area contributed by atoms with E-state index in [9.17, 15) is 12.8 Å². The van der Waals surface area contributed by atoms with Crippen LogP contribution in [0.4, 0.5) is 10.1 Å². The van der Waals surface area contributed by atoms with Crippen molar-refractivity contribution in [2.45, 2.75) is 37.0 Å². The summed E-state index contributed by atoms with van der Waals surface area (Å²) in [5.41, 5.74) is 11.0. The molecule has 1 fully saturated rings. The summed E-state index contributed by atoms with van der Waals surface area (Å²) in [7, 11) is -3.56. The molecule has 1 aromatic carbocycles. The molecular formula is C15H20FN3O2S. The fourth-order valence-corrected chi connectivity index (χ4v) is 5.65. The van der Waals surface area contributed by atoms with Crippen LogP contribution < -0.4 is 11.5 Å². The van der Waals surface area contributed by atoms with E-state index in [0.717, 1.165) is 12.8 Å². The number of nitrogens with two attached hydrogens (primary N) is 2. The van der Waals surface area contributed by atoms with Gasteiger partial charge in [0.2, 0.25) is 0 Å². The predicted molar refractivity (Wildman–Crippen MR) is 84.7 cm³/mol. The molecular weight excluding hydrogens is 305 g/mol. The lowest BCUT2D eigenvalue weighted by atomic mass is 9.92. The highest BCUT2D eigenvalue weighted by atomic mass is 32.2. The summed E-state index contributed by atoms with van der Waals surface area (Å²) in [4.78, 5) is 4.42. The topological polar surface area (TPSA) is 98.5 Å². The van der Waals surface area contributed by atoms with Gasteiger partial charge in [0, 0.05) is 11.3 Å². The molecule has 2 aliphatic rings. The number of anilines is 1. The molecule has 7 heteroatoms. The largest absolute Gasteiger partial charge is 0.399 e. The van der Waals surface area contributed by atoms with E-state index in [4.69, 9.17) is 11.5 Å². The molecule has 4 N–H and O–H groups in total. The smallest absolute Gasteiger partial charge is 0.165 e. The lowest BCUT2D eigenvalue weighted by Gasteiger charge is -2.40. The van der Waals surface area contributed by atoms with Gasteiger partial charge in [-0.3, -0.25) is 4.99 Å². The lowest BCUT2D eigenvalue weighted by Crippen LogP contribution is -2.58. The molecule has 0 spiro atoms. The first-order valence-electron chi connectivity index (χ1n) is 7.24. The Morgan fingerprint density at radius 3 is 2.45 bits per heavy atom. The highest BCUT2D eigenvalue weighted by Crippen LogP contribution is 2.49. The van der Waals surface area contributed by atoms with Gasteiger partial charge in [-0.2, -0.15) is 0 Å². The van der Waals surface area contributed by atoms with Crippen molar-refractivity contribution in [1.29, 1.82) is 0 Å². The monoisotopic (exact) mass is 325 g/mol. The van der Waals surface area contributed by atoms with E-state index < -0.39 is 25.9 Å². The first-order chi connectivity index (χ1) is 10.1. The minimum Gasteiger partial charge on any atom is -0.399 e. The third kappa shape index (κ3) is 2.02. The van der Waals surface area contributed by atoms with Crippen molar-refractivity contribution in [2.24, 2.45) is 16.6 Å². The summed E-state index contributed by atoms with van der Waals surface area (Å²) < 4.78 is 38.8. The van der Waals surface area contributed by atoms with Crippen molar-refractivity contribution in [2.75, 3.05) is 11.5 Å². The third-order valence-electron chi connectivity index (χ3n) is 4.92. The maximum Gasteiger partial charge on any atom is 0.165 e. The minimum atomic E-state index is -3.56. The number of nitrogen functional groups attached to an aromatic ring is 1. The van der Waals surface area contributed by atoms with Crippen molar-refractivity contribution >= 4 is 21.4 Å². The number of nitrogens with zero attached hydrogens (tertiary/aromatic N) is 1. The maximum atomic E-state index is 14.2. The van der Waals surface area contributed by atoms with Gasteiger partial charge in [0.1, 0.15) is 21.9 Å². The first-order valence-corrected chi connectivity index (χ1v) is 8.89. The normalized spacial score (nSPS) is 34.2. The zero-order valence-corrected chi connectivity index (χ0v) is 13.5. The molecule has 2 atom stereocenters. The zero-order chi connectivity index (χ0) is 16.3. The molecule has 22 heavy (non-hydrogen) atoms. The summed E-state index contributed by atoms with van der Waals surface area (Å²) in [6.07, 6.45) is 1.66. The quantitative estimate of drug-likeness (QED) is 0.806. The molecule has 120 valence electrons. The number of benzene rings is 1. The van der Waals surface area contributed by atoms with Gasteiger partial charge < -0.3 is 11.5 Å². The molecule has 1 aromatic rings. The van der Waals surface area contributed by atoms with Gasteiger partial charge in [-0.25, -0.2) is 12.8 Å². The van der Waals surface area contributed by atoms with E-state index >= 15 is 0 Å².